The van der Waals surface area contributed by atoms with Gasteiger partial charge in [-0.1, -0.05) is 97.0 Å². The number of carbonyl (C=O) groups is 4. The van der Waals surface area contributed by atoms with Gasteiger partial charge in [-0.25, -0.2) is 19.6 Å². The first-order valence-corrected chi connectivity index (χ1v) is 21.6. The third-order valence-electron chi connectivity index (χ3n) is 11.1. The molecule has 0 bridgehead atoms. The van der Waals surface area contributed by atoms with Crippen LogP contribution < -0.4 is 10.6 Å². The van der Waals surface area contributed by atoms with E-state index in [1.54, 1.807) is 20.8 Å². The second kappa shape index (κ2) is 18.5. The Kier molecular flexibility index (Phi) is 13.6. The number of alkyl carbamates (subject to hydrolysis) is 2. The van der Waals surface area contributed by atoms with Crippen LogP contribution in [0.15, 0.2) is 60.9 Å². The molecule has 4 atom stereocenters. The van der Waals surface area contributed by atoms with Gasteiger partial charge in [0.1, 0.15) is 29.3 Å². The molecule has 14 heteroatoms. The Hall–Kier alpha value is -5.66. The molecule has 6 rings (SSSR count). The fourth-order valence-corrected chi connectivity index (χ4v) is 7.89. The summed E-state index contributed by atoms with van der Waals surface area (Å²) in [4.78, 5) is 72.9. The highest BCUT2D eigenvalue weighted by Gasteiger charge is 2.39. The number of amides is 4. The van der Waals surface area contributed by atoms with Crippen LogP contribution in [0.1, 0.15) is 119 Å². The number of likely N-dealkylation sites (tertiary alicyclic amines) is 2. The lowest BCUT2D eigenvalue weighted by Crippen LogP contribution is -2.52. The standard InChI is InChI=1S/C47H64N8O6/c1-28(2)38(52-44(58)60-27-46(5,6)7)42(56)54-23-11-13-36(54)40-48-25-34(50-40)32-19-15-30(16-20-32)31-17-21-33(22-18-31)35-26-49-41(51-35)37-14-12-24-55(37)43(57)39(29(3)4)53-45(59)61-47(8,9)10/h15-22,25-26,28-29,36-39H,11-14,23-24,27H2,1-10H3,(H,48,50)(H,49,51)(H,52,58)(H,53,59)/t36-,37-,38+,39+/m1/s1. The van der Waals surface area contributed by atoms with Crippen molar-refractivity contribution in [2.75, 3.05) is 19.7 Å². The average molecular weight is 837 g/mol. The van der Waals surface area contributed by atoms with Gasteiger partial charge in [-0.05, 0) is 86.0 Å². The number of ether oxygens (including phenoxy) is 2. The van der Waals surface area contributed by atoms with E-state index in [1.807, 2.05) is 70.7 Å². The number of imidazole rings is 2. The third kappa shape index (κ3) is 11.2. The second-order valence-corrected chi connectivity index (χ2v) is 19.3. The summed E-state index contributed by atoms with van der Waals surface area (Å²) in [5.74, 6) is 0.925. The highest BCUT2D eigenvalue weighted by Crippen LogP contribution is 2.35. The number of benzene rings is 2. The van der Waals surface area contributed by atoms with E-state index in [1.165, 1.54) is 0 Å². The molecule has 2 saturated heterocycles. The number of H-pyrrole nitrogens is 2. The molecule has 0 radical (unpaired) electrons. The number of carbonyl (C=O) groups excluding carboxylic acids is 4. The number of hydrogen-bond acceptors (Lipinski definition) is 8. The highest BCUT2D eigenvalue weighted by atomic mass is 16.6. The highest BCUT2D eigenvalue weighted by molar-refractivity contribution is 5.87. The van der Waals surface area contributed by atoms with Crippen molar-refractivity contribution >= 4 is 24.0 Å². The zero-order chi connectivity index (χ0) is 44.2. The lowest BCUT2D eigenvalue weighted by atomic mass is 9.99. The minimum Gasteiger partial charge on any atom is -0.449 e. The quantitative estimate of drug-likeness (QED) is 0.110. The Morgan fingerprint density at radius 1 is 0.656 bits per heavy atom. The van der Waals surface area contributed by atoms with Gasteiger partial charge in [0, 0.05) is 13.1 Å². The molecule has 4 aromatic rings. The van der Waals surface area contributed by atoms with Crippen molar-refractivity contribution in [3.05, 3.63) is 72.6 Å². The molecule has 2 aromatic carbocycles. The molecular formula is C47H64N8O6. The number of rotatable bonds is 12. The first-order valence-electron chi connectivity index (χ1n) is 21.6. The summed E-state index contributed by atoms with van der Waals surface area (Å²) in [6.45, 7) is 20.5. The van der Waals surface area contributed by atoms with Crippen molar-refractivity contribution in [1.29, 1.82) is 0 Å². The molecule has 4 amide bonds. The number of aromatic amines is 2. The van der Waals surface area contributed by atoms with Crippen molar-refractivity contribution in [3.8, 4) is 33.6 Å². The minimum absolute atomic E-state index is 0.121. The Balaban J connectivity index is 1.08. The molecular weight excluding hydrogens is 773 g/mol. The van der Waals surface area contributed by atoms with Gasteiger partial charge in [0.2, 0.25) is 11.8 Å². The predicted octanol–water partition coefficient (Wildman–Crippen LogP) is 8.81. The summed E-state index contributed by atoms with van der Waals surface area (Å²) in [5, 5.41) is 5.62. The van der Waals surface area contributed by atoms with E-state index >= 15 is 0 Å². The summed E-state index contributed by atoms with van der Waals surface area (Å²) >= 11 is 0. The van der Waals surface area contributed by atoms with E-state index < -0.39 is 29.9 Å². The first kappa shape index (κ1) is 44.9. The van der Waals surface area contributed by atoms with Crippen LogP contribution in [0.4, 0.5) is 9.59 Å². The molecule has 4 N–H and O–H groups in total. The van der Waals surface area contributed by atoms with Crippen LogP contribution in [0.25, 0.3) is 33.6 Å². The molecule has 328 valence electrons. The SMILES string of the molecule is CC(C)[C@H](NC(=O)OCC(C)(C)C)C(=O)N1CCC[C@@H]1c1ncc(-c2ccc(-c3ccc(-c4cnc([C@H]5CCCN5C(=O)[C@@H](NC(=O)OC(C)(C)C)C(C)C)[nH]4)cc3)cc2)[nH]1. The largest absolute Gasteiger partial charge is 0.449 e. The molecule has 4 heterocycles. The topological polar surface area (TPSA) is 175 Å². The molecule has 2 aliphatic heterocycles. The maximum absolute atomic E-state index is 13.8. The second-order valence-electron chi connectivity index (χ2n) is 19.3. The zero-order valence-corrected chi connectivity index (χ0v) is 37.4. The van der Waals surface area contributed by atoms with Crippen molar-refractivity contribution < 1.29 is 28.7 Å². The Bertz CT molecular complexity index is 2140. The molecule has 2 aliphatic rings. The molecule has 2 aromatic heterocycles. The van der Waals surface area contributed by atoms with E-state index in [9.17, 15) is 19.2 Å². The van der Waals surface area contributed by atoms with Gasteiger partial charge in [0.15, 0.2) is 0 Å². The van der Waals surface area contributed by atoms with Crippen molar-refractivity contribution in [3.63, 3.8) is 0 Å². The van der Waals surface area contributed by atoms with Crippen molar-refractivity contribution in [2.45, 2.75) is 125 Å². The molecule has 0 unspecified atom stereocenters. The van der Waals surface area contributed by atoms with Crippen LogP contribution >= 0.6 is 0 Å². The molecule has 0 aliphatic carbocycles. The number of nitrogens with zero attached hydrogens (tertiary/aromatic N) is 4. The van der Waals surface area contributed by atoms with E-state index in [0.29, 0.717) is 13.1 Å². The van der Waals surface area contributed by atoms with Gasteiger partial charge >= 0.3 is 12.2 Å². The number of hydrogen-bond donors (Lipinski definition) is 4. The van der Waals surface area contributed by atoms with Gasteiger partial charge in [0.25, 0.3) is 0 Å². The lowest BCUT2D eigenvalue weighted by molar-refractivity contribution is -0.136. The van der Waals surface area contributed by atoms with Gasteiger partial charge < -0.3 is 39.9 Å². The Labute approximate surface area is 360 Å². The van der Waals surface area contributed by atoms with E-state index in [4.69, 9.17) is 19.4 Å². The van der Waals surface area contributed by atoms with E-state index in [0.717, 1.165) is 71.0 Å². The first-order chi connectivity index (χ1) is 28.8. The van der Waals surface area contributed by atoms with Crippen LogP contribution in [-0.2, 0) is 19.1 Å². The monoisotopic (exact) mass is 836 g/mol. The van der Waals surface area contributed by atoms with Gasteiger partial charge in [-0.15, -0.1) is 0 Å². The van der Waals surface area contributed by atoms with Crippen LogP contribution in [0.2, 0.25) is 0 Å². The molecule has 61 heavy (non-hydrogen) atoms. The van der Waals surface area contributed by atoms with Gasteiger partial charge in [-0.2, -0.15) is 0 Å². The van der Waals surface area contributed by atoms with Crippen LogP contribution in [-0.4, -0.2) is 91.1 Å². The van der Waals surface area contributed by atoms with Crippen molar-refractivity contribution in [2.24, 2.45) is 17.3 Å². The maximum Gasteiger partial charge on any atom is 0.408 e. The molecule has 2 fully saturated rings. The fourth-order valence-electron chi connectivity index (χ4n) is 7.89. The average Bonchev–Trinajstić information content (AvgIpc) is 4.04. The van der Waals surface area contributed by atoms with Crippen molar-refractivity contribution in [1.82, 2.24) is 40.4 Å². The molecule has 0 saturated carbocycles. The zero-order valence-electron chi connectivity index (χ0n) is 37.4. The minimum atomic E-state index is -0.714. The summed E-state index contributed by atoms with van der Waals surface area (Å²) in [7, 11) is 0. The van der Waals surface area contributed by atoms with Gasteiger partial charge in [0.05, 0.1) is 42.5 Å². The number of nitrogens with one attached hydrogen (secondary N) is 4. The lowest BCUT2D eigenvalue weighted by Gasteiger charge is -2.31. The van der Waals surface area contributed by atoms with Gasteiger partial charge in [-0.3, -0.25) is 9.59 Å². The van der Waals surface area contributed by atoms with E-state index in [2.05, 4.69) is 69.1 Å². The summed E-state index contributed by atoms with van der Waals surface area (Å²) in [6, 6.07) is 14.7. The predicted molar refractivity (Wildman–Crippen MR) is 235 cm³/mol. The van der Waals surface area contributed by atoms with Crippen LogP contribution in [0.3, 0.4) is 0 Å². The summed E-state index contributed by atoms with van der Waals surface area (Å²) < 4.78 is 10.9. The summed E-state index contributed by atoms with van der Waals surface area (Å²) in [5.41, 5.74) is 4.93. The smallest absolute Gasteiger partial charge is 0.408 e. The molecule has 14 nitrogen and oxygen atoms in total. The maximum atomic E-state index is 13.8. The summed E-state index contributed by atoms with van der Waals surface area (Å²) in [6.07, 6.45) is 5.67. The van der Waals surface area contributed by atoms with Crippen LogP contribution in [0, 0.1) is 17.3 Å². The van der Waals surface area contributed by atoms with Crippen LogP contribution in [0.5, 0.6) is 0 Å². The fraction of sp³-hybridized carbons (Fsp3) is 0.532. The normalized spacial score (nSPS) is 18.0. The Morgan fingerprint density at radius 3 is 1.43 bits per heavy atom. The van der Waals surface area contributed by atoms with E-state index in [-0.39, 0.29) is 47.8 Å². The third-order valence-corrected chi connectivity index (χ3v) is 11.1. The number of aromatic nitrogens is 4. The Morgan fingerprint density at radius 2 is 1.05 bits per heavy atom. The molecule has 0 spiro atoms.